The standard InChI is InChI=1S/C38H33N2S.C20H28NSi.Ir/c1-23(2)30-21-27(26-13-7-6-8-14-26)22-31(24(3)4)36(30)40-33-17-11-10-16-32(33)39-38(40)29-20-19-25(5)35-28-15-9-12-18-34(28)41-37(29)35;1-15-8-10-16(11-9-15)18-12-17(13-20(2,3)4)19(14-21-18)22(5,6)7;/h6-19,21-24H,1-5H3;8-10,12,14H,13H2,1-7H3;/q2*-1;/i5D3;1D3,13D2;. The van der Waals surface area contributed by atoms with Crippen LogP contribution in [0.15, 0.2) is 128 Å². The van der Waals surface area contributed by atoms with Crippen LogP contribution in [0.4, 0.5) is 0 Å². The maximum absolute atomic E-state index is 8.79. The molecule has 0 bridgehead atoms. The molecule has 0 amide bonds. The molecule has 3 nitrogen and oxygen atoms in total. The summed E-state index contributed by atoms with van der Waals surface area (Å²) in [5.74, 6) is 1.26. The van der Waals surface area contributed by atoms with Crippen LogP contribution in [0, 0.1) is 31.3 Å². The number of benzene rings is 6. The van der Waals surface area contributed by atoms with Crippen molar-refractivity contribution in [2.45, 2.75) is 100 Å². The molecule has 0 atom stereocenters. The van der Waals surface area contributed by atoms with Gasteiger partial charge in [-0.25, -0.2) is 0 Å². The topological polar surface area (TPSA) is 30.7 Å². The largest absolute Gasteiger partial charge is 0.333 e. The first-order chi connectivity index (χ1) is 33.2. The van der Waals surface area contributed by atoms with Crippen molar-refractivity contribution in [1.29, 1.82) is 0 Å². The van der Waals surface area contributed by atoms with Gasteiger partial charge in [-0.1, -0.05) is 165 Å². The number of imidazole rings is 1. The Morgan fingerprint density at radius 1 is 0.781 bits per heavy atom. The first-order valence-corrected chi connectivity index (χ1v) is 26.1. The molecule has 0 unspecified atom stereocenters. The van der Waals surface area contributed by atoms with Crippen molar-refractivity contribution in [2.75, 3.05) is 0 Å². The van der Waals surface area contributed by atoms with E-state index in [2.05, 4.69) is 136 Å². The maximum Gasteiger partial charge on any atom is 0.0798 e. The number of hydrogen-bond acceptors (Lipinski definition) is 3. The van der Waals surface area contributed by atoms with Crippen LogP contribution >= 0.6 is 11.3 Å². The second kappa shape index (κ2) is 18.9. The third kappa shape index (κ3) is 9.67. The zero-order valence-corrected chi connectivity index (χ0v) is 42.6. The Balaban J connectivity index is 0.000000235. The van der Waals surface area contributed by atoms with Crippen molar-refractivity contribution < 1.29 is 31.1 Å². The van der Waals surface area contributed by atoms with Crippen molar-refractivity contribution in [2.24, 2.45) is 5.41 Å². The molecular weight excluding hydrogens is 991 g/mol. The summed E-state index contributed by atoms with van der Waals surface area (Å²) in [6.45, 7) is 16.8. The summed E-state index contributed by atoms with van der Waals surface area (Å²) in [5, 5.41) is 2.73. The summed E-state index contributed by atoms with van der Waals surface area (Å²) in [6, 6.07) is 46.2. The van der Waals surface area contributed by atoms with E-state index in [9.17, 15) is 0 Å². The minimum atomic E-state index is -2.26. The maximum atomic E-state index is 8.79. The summed E-state index contributed by atoms with van der Waals surface area (Å²) in [5.41, 5.74) is 10.7. The van der Waals surface area contributed by atoms with Crippen LogP contribution < -0.4 is 5.19 Å². The summed E-state index contributed by atoms with van der Waals surface area (Å²) in [7, 11) is -1.81. The van der Waals surface area contributed by atoms with E-state index in [1.54, 1.807) is 35.7 Å². The van der Waals surface area contributed by atoms with Crippen molar-refractivity contribution in [3.63, 3.8) is 0 Å². The van der Waals surface area contributed by atoms with Crippen LogP contribution in [0.5, 0.6) is 0 Å². The van der Waals surface area contributed by atoms with Crippen LogP contribution in [0.2, 0.25) is 19.6 Å². The van der Waals surface area contributed by atoms with E-state index in [0.717, 1.165) is 53.5 Å². The molecular formula is C58H61IrN3SSi-2. The molecule has 6 aromatic carbocycles. The molecule has 0 fully saturated rings. The van der Waals surface area contributed by atoms with Gasteiger partial charge in [-0.3, -0.25) is 4.98 Å². The van der Waals surface area contributed by atoms with Gasteiger partial charge in [0.15, 0.2) is 0 Å². The molecule has 3 heterocycles. The third-order valence-electron chi connectivity index (χ3n) is 11.3. The molecule has 0 saturated heterocycles. The van der Waals surface area contributed by atoms with Crippen molar-refractivity contribution in [3.8, 4) is 39.5 Å². The minimum Gasteiger partial charge on any atom is -0.333 e. The van der Waals surface area contributed by atoms with Crippen LogP contribution in [-0.4, -0.2) is 22.6 Å². The molecule has 9 aromatic rings. The van der Waals surface area contributed by atoms with E-state index in [0.29, 0.717) is 22.4 Å². The number of rotatable bonds is 8. The SMILES string of the molecule is [2H]C([2H])([2H])c1c[c-]c(-c2cc(C([2H])([2H])C(C)(C)C)c([Si](C)(C)C)cn2)cc1.[2H]C([2H])([2H])c1c[c-]c(-c2nc3ccccc3n2-c2c(C(C)C)cc(-c3ccccc3)cc2C(C)C)c2sc3ccccc3c12.[Ir]. The predicted molar refractivity (Wildman–Crippen MR) is 276 cm³/mol. The quantitative estimate of drug-likeness (QED) is 0.112. The van der Waals surface area contributed by atoms with E-state index in [1.165, 1.54) is 28.3 Å². The number of aryl methyl sites for hydroxylation is 2. The molecule has 0 aliphatic heterocycles. The van der Waals surface area contributed by atoms with Gasteiger partial charge in [0, 0.05) is 47.7 Å². The third-order valence-corrected chi connectivity index (χ3v) is 14.5. The summed E-state index contributed by atoms with van der Waals surface area (Å²) >= 11 is 1.61. The predicted octanol–water partition coefficient (Wildman–Crippen LogP) is 16.1. The van der Waals surface area contributed by atoms with Crippen molar-refractivity contribution in [1.82, 2.24) is 14.5 Å². The fourth-order valence-corrected chi connectivity index (χ4v) is 10.9. The number of hydrogen-bond donors (Lipinski definition) is 0. The number of pyridine rings is 1. The first kappa shape index (κ1) is 37.3. The molecule has 3 aromatic heterocycles. The zero-order valence-electron chi connectivity index (χ0n) is 46.4. The zero-order chi connectivity index (χ0) is 51.6. The molecule has 0 spiro atoms. The Morgan fingerprint density at radius 3 is 2.11 bits per heavy atom. The molecule has 329 valence electrons. The van der Waals surface area contributed by atoms with Crippen LogP contribution in [0.1, 0.15) is 99.1 Å². The second-order valence-electron chi connectivity index (χ2n) is 19.0. The van der Waals surface area contributed by atoms with Crippen molar-refractivity contribution in [3.05, 3.63) is 167 Å². The van der Waals surface area contributed by atoms with E-state index in [-0.39, 0.29) is 37.5 Å². The monoisotopic (exact) mass is 1060 g/mol. The second-order valence-corrected chi connectivity index (χ2v) is 25.1. The summed E-state index contributed by atoms with van der Waals surface area (Å²) in [6.07, 6.45) is 0.269. The van der Waals surface area contributed by atoms with Gasteiger partial charge >= 0.3 is 0 Å². The van der Waals surface area contributed by atoms with E-state index in [1.807, 2.05) is 51.1 Å². The average molecular weight is 1060 g/mol. The van der Waals surface area contributed by atoms with Crippen LogP contribution in [0.25, 0.3) is 70.7 Å². The molecule has 0 aliphatic carbocycles. The summed E-state index contributed by atoms with van der Waals surface area (Å²) < 4.78 is 69.3. The van der Waals surface area contributed by atoms with Gasteiger partial charge in [0.05, 0.1) is 24.9 Å². The van der Waals surface area contributed by atoms with Gasteiger partial charge in [-0.2, -0.15) is 11.3 Å². The van der Waals surface area contributed by atoms with Crippen LogP contribution in [0.3, 0.4) is 0 Å². The molecule has 0 saturated carbocycles. The number of fused-ring (bicyclic) bond motifs is 4. The molecule has 9 rings (SSSR count). The van der Waals surface area contributed by atoms with Gasteiger partial charge in [0.25, 0.3) is 0 Å². The fourth-order valence-electron chi connectivity index (χ4n) is 8.26. The fraction of sp³-hybridized carbons (Fsp3) is 0.276. The molecule has 64 heavy (non-hydrogen) atoms. The number of para-hydroxylation sites is 2. The Labute approximate surface area is 411 Å². The molecule has 1 radical (unpaired) electrons. The Hall–Kier alpha value is -4.97. The van der Waals surface area contributed by atoms with Gasteiger partial charge in [-0.15, -0.1) is 53.1 Å². The van der Waals surface area contributed by atoms with Gasteiger partial charge < -0.3 is 9.55 Å². The average Bonchev–Trinajstić information content (AvgIpc) is 3.89. The van der Waals surface area contributed by atoms with Crippen LogP contribution in [-0.2, 0) is 26.5 Å². The number of nitrogens with zero attached hydrogens (tertiary/aromatic N) is 3. The molecule has 0 aliphatic rings. The number of thiophene rings is 1. The minimum absolute atomic E-state index is 0. The Kier molecular flexibility index (Phi) is 11.0. The smallest absolute Gasteiger partial charge is 0.0798 e. The molecule has 6 heteroatoms. The van der Waals surface area contributed by atoms with Crippen molar-refractivity contribution >= 4 is 55.8 Å². The van der Waals surface area contributed by atoms with Gasteiger partial charge in [-0.05, 0) is 97.2 Å². The van der Waals surface area contributed by atoms with E-state index >= 15 is 0 Å². The van der Waals surface area contributed by atoms with E-state index < -0.39 is 33.6 Å². The Bertz CT molecular complexity index is 3370. The van der Waals surface area contributed by atoms with E-state index in [4.69, 9.17) is 16.0 Å². The van der Waals surface area contributed by atoms with Gasteiger partial charge in [0.2, 0.25) is 0 Å². The Morgan fingerprint density at radius 2 is 1.47 bits per heavy atom. The first-order valence-electron chi connectivity index (χ1n) is 25.8. The normalized spacial score (nSPS) is 14.4. The van der Waals surface area contributed by atoms with Gasteiger partial charge in [0.1, 0.15) is 0 Å². The summed E-state index contributed by atoms with van der Waals surface area (Å²) in [4.78, 5) is 9.81. The molecule has 0 N–H and O–H groups in total. The number of aromatic nitrogens is 3.